The fraction of sp³-hybridized carbons (Fsp3) is 0.188. The third-order valence-electron chi connectivity index (χ3n) is 3.16. The van der Waals surface area contributed by atoms with E-state index in [0.29, 0.717) is 17.3 Å². The second-order valence-corrected chi connectivity index (χ2v) is 5.29. The molecule has 0 spiro atoms. The Bertz CT molecular complexity index is 782. The van der Waals surface area contributed by atoms with E-state index in [0.717, 1.165) is 34.6 Å². The molecule has 0 aliphatic heterocycles. The maximum Gasteiger partial charge on any atom is 0.138 e. The van der Waals surface area contributed by atoms with Crippen molar-refractivity contribution >= 4 is 28.3 Å². The van der Waals surface area contributed by atoms with Crippen molar-refractivity contribution in [3.8, 4) is 17.1 Å². The van der Waals surface area contributed by atoms with Crippen LogP contribution in [0.1, 0.15) is 13.3 Å². The largest absolute Gasteiger partial charge is 0.494 e. The molecule has 4 nitrogen and oxygen atoms in total. The standard InChI is InChI=1S/C16H16ClN3O/c1-2-6-21-12-5-3-4-10(7-12)16-19-14-9-11(17)8-13(18)15(14)20-16/h3-5,7-9H,2,6,18H2,1H3,(H,19,20). The summed E-state index contributed by atoms with van der Waals surface area (Å²) in [6, 6.07) is 11.4. The molecule has 1 heterocycles. The molecule has 0 atom stereocenters. The van der Waals surface area contributed by atoms with E-state index in [2.05, 4.69) is 16.9 Å². The minimum atomic E-state index is 0.568. The molecule has 0 saturated heterocycles. The van der Waals surface area contributed by atoms with Gasteiger partial charge in [-0.3, -0.25) is 0 Å². The number of hydrogen-bond donors (Lipinski definition) is 2. The van der Waals surface area contributed by atoms with Crippen LogP contribution in [0.3, 0.4) is 0 Å². The van der Waals surface area contributed by atoms with Gasteiger partial charge in [-0.25, -0.2) is 4.98 Å². The van der Waals surface area contributed by atoms with Crippen molar-refractivity contribution in [1.29, 1.82) is 0 Å². The van der Waals surface area contributed by atoms with E-state index in [4.69, 9.17) is 22.1 Å². The number of nitrogens with two attached hydrogens (primary N) is 1. The molecule has 3 N–H and O–H groups in total. The lowest BCUT2D eigenvalue weighted by molar-refractivity contribution is 0.317. The zero-order valence-corrected chi connectivity index (χ0v) is 12.4. The van der Waals surface area contributed by atoms with E-state index in [-0.39, 0.29) is 0 Å². The van der Waals surface area contributed by atoms with Crippen molar-refractivity contribution < 1.29 is 4.74 Å². The summed E-state index contributed by atoms with van der Waals surface area (Å²) in [6.07, 6.45) is 0.976. The Kier molecular flexibility index (Phi) is 3.71. The van der Waals surface area contributed by atoms with Crippen molar-refractivity contribution in [2.75, 3.05) is 12.3 Å². The molecule has 1 aromatic heterocycles. The molecule has 0 aliphatic carbocycles. The summed E-state index contributed by atoms with van der Waals surface area (Å²) in [5.74, 6) is 1.58. The number of hydrogen-bond acceptors (Lipinski definition) is 3. The number of aromatic amines is 1. The predicted octanol–water partition coefficient (Wildman–Crippen LogP) is 4.25. The number of benzene rings is 2. The number of H-pyrrole nitrogens is 1. The summed E-state index contributed by atoms with van der Waals surface area (Å²) in [4.78, 5) is 7.80. The van der Waals surface area contributed by atoms with Crippen molar-refractivity contribution in [1.82, 2.24) is 9.97 Å². The van der Waals surface area contributed by atoms with Crippen LogP contribution in [0.25, 0.3) is 22.4 Å². The van der Waals surface area contributed by atoms with Crippen LogP contribution in [0.4, 0.5) is 5.69 Å². The van der Waals surface area contributed by atoms with Crippen LogP contribution in [-0.2, 0) is 0 Å². The first-order valence-corrected chi connectivity index (χ1v) is 7.23. The van der Waals surface area contributed by atoms with Crippen LogP contribution in [-0.4, -0.2) is 16.6 Å². The molecule has 0 fully saturated rings. The van der Waals surface area contributed by atoms with E-state index in [1.54, 1.807) is 6.07 Å². The van der Waals surface area contributed by atoms with Gasteiger partial charge in [-0.2, -0.15) is 0 Å². The molecule has 3 rings (SSSR count). The molecular weight excluding hydrogens is 286 g/mol. The lowest BCUT2D eigenvalue weighted by atomic mass is 10.2. The Morgan fingerprint density at radius 1 is 1.29 bits per heavy atom. The quantitative estimate of drug-likeness (QED) is 0.708. The average molecular weight is 302 g/mol. The van der Waals surface area contributed by atoms with Crippen molar-refractivity contribution in [3.63, 3.8) is 0 Å². The van der Waals surface area contributed by atoms with Gasteiger partial charge in [0.15, 0.2) is 0 Å². The predicted molar refractivity (Wildman–Crippen MR) is 86.7 cm³/mol. The maximum absolute atomic E-state index is 6.01. The SMILES string of the molecule is CCCOc1cccc(-c2nc3c(N)cc(Cl)cc3[nH]2)c1. The van der Waals surface area contributed by atoms with E-state index in [1.165, 1.54) is 0 Å². The van der Waals surface area contributed by atoms with E-state index < -0.39 is 0 Å². The normalized spacial score (nSPS) is 11.0. The van der Waals surface area contributed by atoms with Crippen LogP contribution < -0.4 is 10.5 Å². The molecule has 2 aromatic carbocycles. The van der Waals surface area contributed by atoms with Gasteiger partial charge in [-0.15, -0.1) is 0 Å². The van der Waals surface area contributed by atoms with Crippen LogP contribution in [0.5, 0.6) is 5.75 Å². The fourth-order valence-corrected chi connectivity index (χ4v) is 2.42. The van der Waals surface area contributed by atoms with Crippen LogP contribution in [0.2, 0.25) is 5.02 Å². The molecule has 3 aromatic rings. The number of halogens is 1. The van der Waals surface area contributed by atoms with Gasteiger partial charge in [0.2, 0.25) is 0 Å². The zero-order chi connectivity index (χ0) is 14.8. The summed E-state index contributed by atoms with van der Waals surface area (Å²) in [6.45, 7) is 2.78. The minimum absolute atomic E-state index is 0.568. The molecule has 5 heteroatoms. The number of nitrogens with one attached hydrogen (secondary N) is 1. The monoisotopic (exact) mass is 301 g/mol. The highest BCUT2D eigenvalue weighted by atomic mass is 35.5. The van der Waals surface area contributed by atoms with Crippen LogP contribution in [0, 0.1) is 0 Å². The fourth-order valence-electron chi connectivity index (χ4n) is 2.20. The van der Waals surface area contributed by atoms with Crippen LogP contribution >= 0.6 is 11.6 Å². The number of fused-ring (bicyclic) bond motifs is 1. The molecule has 0 saturated carbocycles. The Labute approximate surface area is 127 Å². The molecular formula is C16H16ClN3O. The summed E-state index contributed by atoms with van der Waals surface area (Å²) in [7, 11) is 0. The number of rotatable bonds is 4. The third-order valence-corrected chi connectivity index (χ3v) is 3.38. The molecule has 21 heavy (non-hydrogen) atoms. The van der Waals surface area contributed by atoms with Gasteiger partial charge in [0, 0.05) is 10.6 Å². The van der Waals surface area contributed by atoms with Gasteiger partial charge in [0.1, 0.15) is 17.1 Å². The summed E-state index contributed by atoms with van der Waals surface area (Å²) in [5, 5.41) is 0.593. The first-order valence-electron chi connectivity index (χ1n) is 6.85. The van der Waals surface area contributed by atoms with E-state index in [9.17, 15) is 0 Å². The molecule has 0 radical (unpaired) electrons. The summed E-state index contributed by atoms with van der Waals surface area (Å²) < 4.78 is 5.65. The Morgan fingerprint density at radius 3 is 2.95 bits per heavy atom. The van der Waals surface area contributed by atoms with Crippen molar-refractivity contribution in [2.45, 2.75) is 13.3 Å². The molecule has 0 amide bonds. The molecule has 0 unspecified atom stereocenters. The highest BCUT2D eigenvalue weighted by molar-refractivity contribution is 6.31. The van der Waals surface area contributed by atoms with E-state index >= 15 is 0 Å². The minimum Gasteiger partial charge on any atom is -0.494 e. The van der Waals surface area contributed by atoms with Crippen LogP contribution in [0.15, 0.2) is 36.4 Å². The van der Waals surface area contributed by atoms with Gasteiger partial charge in [0.05, 0.1) is 17.8 Å². The van der Waals surface area contributed by atoms with Gasteiger partial charge >= 0.3 is 0 Å². The summed E-state index contributed by atoms with van der Waals surface area (Å²) >= 11 is 6.01. The van der Waals surface area contributed by atoms with Crippen molar-refractivity contribution in [3.05, 3.63) is 41.4 Å². The molecule has 108 valence electrons. The summed E-state index contributed by atoms with van der Waals surface area (Å²) in [5.41, 5.74) is 9.03. The highest BCUT2D eigenvalue weighted by Crippen LogP contribution is 2.28. The number of imidazole rings is 1. The lowest BCUT2D eigenvalue weighted by Gasteiger charge is -2.05. The Hall–Kier alpha value is -2.20. The van der Waals surface area contributed by atoms with Crippen molar-refractivity contribution in [2.24, 2.45) is 0 Å². The van der Waals surface area contributed by atoms with Gasteiger partial charge in [0.25, 0.3) is 0 Å². The zero-order valence-electron chi connectivity index (χ0n) is 11.7. The first kappa shape index (κ1) is 13.8. The molecule has 0 aliphatic rings. The number of aromatic nitrogens is 2. The maximum atomic E-state index is 6.01. The van der Waals surface area contributed by atoms with Gasteiger partial charge in [-0.05, 0) is 30.7 Å². The second kappa shape index (κ2) is 5.66. The van der Waals surface area contributed by atoms with Gasteiger partial charge < -0.3 is 15.5 Å². The Morgan fingerprint density at radius 2 is 2.14 bits per heavy atom. The average Bonchev–Trinajstić information content (AvgIpc) is 2.89. The molecule has 0 bridgehead atoms. The first-order chi connectivity index (χ1) is 10.2. The third kappa shape index (κ3) is 2.81. The number of anilines is 1. The van der Waals surface area contributed by atoms with E-state index in [1.807, 2.05) is 30.3 Å². The highest BCUT2D eigenvalue weighted by Gasteiger charge is 2.09. The number of nitrogens with zero attached hydrogens (tertiary/aromatic N) is 1. The second-order valence-electron chi connectivity index (χ2n) is 4.85. The van der Waals surface area contributed by atoms with Gasteiger partial charge in [-0.1, -0.05) is 30.7 Å². The number of ether oxygens (including phenoxy) is 1. The smallest absolute Gasteiger partial charge is 0.138 e. The lowest BCUT2D eigenvalue weighted by Crippen LogP contribution is -1.94. The Balaban J connectivity index is 2.02. The topological polar surface area (TPSA) is 63.9 Å². The number of nitrogen functional groups attached to an aromatic ring is 1.